The molecule has 0 saturated carbocycles. The fraction of sp³-hybridized carbons (Fsp3) is 0.389. The molecule has 0 unspecified atom stereocenters. The van der Waals surface area contributed by atoms with Gasteiger partial charge in [-0.3, -0.25) is 9.59 Å². The van der Waals surface area contributed by atoms with Crippen LogP contribution in [0.3, 0.4) is 0 Å². The highest BCUT2D eigenvalue weighted by molar-refractivity contribution is 8.00. The van der Waals surface area contributed by atoms with Gasteiger partial charge in [0, 0.05) is 36.1 Å². The Morgan fingerprint density at radius 1 is 1.21 bits per heavy atom. The summed E-state index contributed by atoms with van der Waals surface area (Å²) in [6, 6.07) is 7.01. The molecule has 0 fully saturated rings. The molecule has 0 aliphatic heterocycles. The molecule has 0 spiro atoms. The highest BCUT2D eigenvalue weighted by atomic mass is 32.2. The molecule has 6 heteroatoms. The van der Waals surface area contributed by atoms with Crippen molar-refractivity contribution in [3.8, 4) is 0 Å². The van der Waals surface area contributed by atoms with Gasteiger partial charge in [-0.15, -0.1) is 0 Å². The first-order valence-corrected chi connectivity index (χ1v) is 8.66. The lowest BCUT2D eigenvalue weighted by Gasteiger charge is -2.17. The first kappa shape index (κ1) is 18.3. The lowest BCUT2D eigenvalue weighted by atomic mass is 9.95. The molecular formula is C18H23N3O2S. The first-order chi connectivity index (χ1) is 11.2. The van der Waals surface area contributed by atoms with Crippen LogP contribution in [0, 0.1) is 5.41 Å². The number of carbonyl (C=O) groups is 2. The van der Waals surface area contributed by atoms with Crippen molar-refractivity contribution in [3.63, 3.8) is 0 Å². The van der Waals surface area contributed by atoms with E-state index in [4.69, 9.17) is 0 Å². The zero-order valence-corrected chi connectivity index (χ0v) is 15.5. The Labute approximate surface area is 146 Å². The van der Waals surface area contributed by atoms with E-state index >= 15 is 0 Å². The maximum Gasteiger partial charge on any atom is 0.229 e. The van der Waals surface area contributed by atoms with Crippen LogP contribution in [0.5, 0.6) is 0 Å². The van der Waals surface area contributed by atoms with Crippen molar-refractivity contribution >= 4 is 29.1 Å². The Kier molecular flexibility index (Phi) is 5.49. The summed E-state index contributed by atoms with van der Waals surface area (Å²) in [5, 5.41) is 3.43. The Bertz CT molecular complexity index is 729. The topological polar surface area (TPSA) is 64.0 Å². The molecule has 0 saturated heterocycles. The van der Waals surface area contributed by atoms with Crippen LogP contribution < -0.4 is 5.32 Å². The average molecular weight is 345 g/mol. The number of amides is 1. The Hall–Kier alpha value is -2.08. The molecule has 1 heterocycles. The molecule has 1 aromatic carbocycles. The molecule has 0 aliphatic carbocycles. The van der Waals surface area contributed by atoms with Crippen LogP contribution in [-0.2, 0) is 11.8 Å². The van der Waals surface area contributed by atoms with E-state index in [1.54, 1.807) is 30.5 Å². The largest absolute Gasteiger partial charge is 0.329 e. The molecule has 1 N–H and O–H groups in total. The molecule has 1 amide bonds. The van der Waals surface area contributed by atoms with Crippen LogP contribution in [0.2, 0.25) is 0 Å². The lowest BCUT2D eigenvalue weighted by molar-refractivity contribution is -0.123. The van der Waals surface area contributed by atoms with Crippen molar-refractivity contribution in [2.24, 2.45) is 12.5 Å². The lowest BCUT2D eigenvalue weighted by Crippen LogP contribution is -2.27. The third-order valence-corrected chi connectivity index (χ3v) is 4.71. The second kappa shape index (κ2) is 7.21. The van der Waals surface area contributed by atoms with Crippen molar-refractivity contribution in [2.45, 2.75) is 38.1 Å². The van der Waals surface area contributed by atoms with Gasteiger partial charge in [0.25, 0.3) is 0 Å². The van der Waals surface area contributed by atoms with Gasteiger partial charge in [0.1, 0.15) is 0 Å². The van der Waals surface area contributed by atoms with Crippen molar-refractivity contribution in [3.05, 3.63) is 42.2 Å². The fourth-order valence-electron chi connectivity index (χ4n) is 1.95. The third-order valence-electron chi connectivity index (χ3n) is 3.54. The number of rotatable bonds is 5. The van der Waals surface area contributed by atoms with Crippen LogP contribution in [-0.4, -0.2) is 26.5 Å². The quantitative estimate of drug-likeness (QED) is 0.662. The third kappa shape index (κ3) is 4.47. The number of carbonyl (C=O) groups excluding carboxylic acids is 2. The van der Waals surface area contributed by atoms with E-state index in [9.17, 15) is 9.59 Å². The molecule has 1 aromatic heterocycles. The number of nitrogens with one attached hydrogen (secondary N) is 1. The summed E-state index contributed by atoms with van der Waals surface area (Å²) in [4.78, 5) is 28.7. The monoisotopic (exact) mass is 345 g/mol. The summed E-state index contributed by atoms with van der Waals surface area (Å²) in [6.45, 7) is 7.45. The van der Waals surface area contributed by atoms with E-state index in [0.29, 0.717) is 11.3 Å². The number of aromatic nitrogens is 2. The standard InChI is InChI=1S/C18H23N3O2S/c1-12(24-17-19-10-11-21(17)5)15(22)13-6-8-14(9-7-13)20-16(23)18(2,3)4/h6-12H,1-5H3,(H,20,23)/t12-/m1/s1. The second-order valence-corrected chi connectivity index (χ2v) is 8.03. The zero-order chi connectivity index (χ0) is 17.9. The Morgan fingerprint density at radius 2 is 1.83 bits per heavy atom. The molecule has 2 rings (SSSR count). The summed E-state index contributed by atoms with van der Waals surface area (Å²) in [5.74, 6) is -0.0167. The molecule has 0 bridgehead atoms. The number of hydrogen-bond acceptors (Lipinski definition) is 4. The van der Waals surface area contributed by atoms with Crippen molar-refractivity contribution < 1.29 is 9.59 Å². The van der Waals surface area contributed by atoms with Gasteiger partial charge < -0.3 is 9.88 Å². The number of Topliss-reactive ketones (excluding diaryl/α,β-unsaturated/α-hetero) is 1. The van der Waals surface area contributed by atoms with Crippen molar-refractivity contribution in [1.29, 1.82) is 0 Å². The molecule has 0 radical (unpaired) electrons. The number of aryl methyl sites for hydroxylation is 1. The highest BCUT2D eigenvalue weighted by Crippen LogP contribution is 2.24. The highest BCUT2D eigenvalue weighted by Gasteiger charge is 2.22. The first-order valence-electron chi connectivity index (χ1n) is 7.78. The fourth-order valence-corrected chi connectivity index (χ4v) is 2.86. The van der Waals surface area contributed by atoms with Gasteiger partial charge in [-0.25, -0.2) is 4.98 Å². The number of anilines is 1. The summed E-state index contributed by atoms with van der Waals surface area (Å²) >= 11 is 1.43. The van der Waals surface area contributed by atoms with Crippen molar-refractivity contribution in [1.82, 2.24) is 9.55 Å². The number of benzene rings is 1. The maximum atomic E-state index is 12.5. The van der Waals surface area contributed by atoms with Gasteiger partial charge >= 0.3 is 0 Å². The van der Waals surface area contributed by atoms with E-state index in [2.05, 4.69) is 10.3 Å². The number of hydrogen-bond donors (Lipinski definition) is 1. The second-order valence-electron chi connectivity index (χ2n) is 6.73. The van der Waals surface area contributed by atoms with Crippen LogP contribution in [0.1, 0.15) is 38.1 Å². The maximum absolute atomic E-state index is 12.5. The Morgan fingerprint density at radius 3 is 2.33 bits per heavy atom. The molecule has 24 heavy (non-hydrogen) atoms. The predicted molar refractivity (Wildman–Crippen MR) is 97.4 cm³/mol. The Balaban J connectivity index is 2.03. The molecule has 1 atom stereocenters. The summed E-state index contributed by atoms with van der Waals surface area (Å²) < 4.78 is 1.89. The van der Waals surface area contributed by atoms with Gasteiger partial charge in [0.2, 0.25) is 5.91 Å². The zero-order valence-electron chi connectivity index (χ0n) is 14.7. The number of imidazole rings is 1. The van der Waals surface area contributed by atoms with E-state index in [1.807, 2.05) is 45.5 Å². The number of ketones is 1. The summed E-state index contributed by atoms with van der Waals surface area (Å²) in [6.07, 6.45) is 3.57. The smallest absolute Gasteiger partial charge is 0.229 e. The minimum absolute atomic E-state index is 0.0386. The van der Waals surface area contributed by atoms with Gasteiger partial charge in [0.05, 0.1) is 5.25 Å². The summed E-state index contributed by atoms with van der Waals surface area (Å²) in [7, 11) is 1.90. The molecular weight excluding hydrogens is 322 g/mol. The molecule has 0 aliphatic rings. The van der Waals surface area contributed by atoms with Gasteiger partial charge in [-0.2, -0.15) is 0 Å². The minimum Gasteiger partial charge on any atom is -0.329 e. The van der Waals surface area contributed by atoms with Crippen LogP contribution in [0.25, 0.3) is 0 Å². The molecule has 128 valence electrons. The van der Waals surface area contributed by atoms with Crippen LogP contribution in [0.15, 0.2) is 41.8 Å². The van der Waals surface area contributed by atoms with Crippen LogP contribution >= 0.6 is 11.8 Å². The van der Waals surface area contributed by atoms with E-state index < -0.39 is 5.41 Å². The minimum atomic E-state index is -0.457. The van der Waals surface area contributed by atoms with Crippen molar-refractivity contribution in [2.75, 3.05) is 5.32 Å². The number of nitrogens with zero attached hydrogens (tertiary/aromatic N) is 2. The predicted octanol–water partition coefficient (Wildman–Crippen LogP) is 3.77. The molecule has 2 aromatic rings. The molecule has 5 nitrogen and oxygen atoms in total. The van der Waals surface area contributed by atoms with Gasteiger partial charge in [-0.05, 0) is 31.2 Å². The normalized spacial score (nSPS) is 12.7. The SMILES string of the molecule is C[C@@H](Sc1nccn1C)C(=O)c1ccc(NC(=O)C(C)(C)C)cc1. The van der Waals surface area contributed by atoms with Crippen LogP contribution in [0.4, 0.5) is 5.69 Å². The van der Waals surface area contributed by atoms with Gasteiger partial charge in [-0.1, -0.05) is 32.5 Å². The van der Waals surface area contributed by atoms with E-state index in [0.717, 1.165) is 5.16 Å². The summed E-state index contributed by atoms with van der Waals surface area (Å²) in [5.41, 5.74) is 0.857. The van der Waals surface area contributed by atoms with E-state index in [-0.39, 0.29) is 16.9 Å². The average Bonchev–Trinajstić information content (AvgIpc) is 2.91. The number of thioether (sulfide) groups is 1. The van der Waals surface area contributed by atoms with Gasteiger partial charge in [0.15, 0.2) is 10.9 Å². The van der Waals surface area contributed by atoms with E-state index in [1.165, 1.54) is 11.8 Å².